The predicted molar refractivity (Wildman–Crippen MR) is 53.1 cm³/mol. The van der Waals surface area contributed by atoms with Crippen molar-refractivity contribution in [1.29, 1.82) is 0 Å². The van der Waals surface area contributed by atoms with E-state index in [-0.39, 0.29) is 6.04 Å². The highest BCUT2D eigenvalue weighted by Crippen LogP contribution is 2.26. The second kappa shape index (κ2) is 3.32. The van der Waals surface area contributed by atoms with Gasteiger partial charge in [0.15, 0.2) is 0 Å². The van der Waals surface area contributed by atoms with Crippen molar-refractivity contribution < 1.29 is 4.74 Å². The van der Waals surface area contributed by atoms with Gasteiger partial charge >= 0.3 is 0 Å². The summed E-state index contributed by atoms with van der Waals surface area (Å²) in [7, 11) is 0. The maximum Gasteiger partial charge on any atom is 0.0726 e. The van der Waals surface area contributed by atoms with Gasteiger partial charge in [0.25, 0.3) is 0 Å². The molecule has 2 heteroatoms. The van der Waals surface area contributed by atoms with Crippen LogP contribution in [0.25, 0.3) is 6.08 Å². The van der Waals surface area contributed by atoms with Crippen LogP contribution in [0.1, 0.15) is 22.7 Å². The Morgan fingerprint density at radius 2 is 2.38 bits per heavy atom. The van der Waals surface area contributed by atoms with Crippen LogP contribution in [0.15, 0.2) is 24.8 Å². The zero-order valence-corrected chi connectivity index (χ0v) is 7.49. The highest BCUT2D eigenvalue weighted by molar-refractivity contribution is 5.55. The third kappa shape index (κ3) is 1.39. The topological polar surface area (TPSA) is 35.2 Å². The number of nitrogens with two attached hydrogens (primary N) is 1. The first-order chi connectivity index (χ1) is 6.33. The average Bonchev–Trinajstić information content (AvgIpc) is 2.18. The van der Waals surface area contributed by atoms with E-state index in [0.717, 1.165) is 5.56 Å². The Hall–Kier alpha value is -1.12. The number of fused-ring (bicyclic) bond motifs is 1. The summed E-state index contributed by atoms with van der Waals surface area (Å²) in [5.41, 5.74) is 9.43. The smallest absolute Gasteiger partial charge is 0.0726 e. The van der Waals surface area contributed by atoms with Gasteiger partial charge in [-0.2, -0.15) is 0 Å². The Kier molecular flexibility index (Phi) is 2.17. The Labute approximate surface area is 78.0 Å². The van der Waals surface area contributed by atoms with E-state index in [2.05, 4.69) is 12.6 Å². The average molecular weight is 175 g/mol. The van der Waals surface area contributed by atoms with E-state index in [0.29, 0.717) is 13.2 Å². The van der Waals surface area contributed by atoms with Crippen molar-refractivity contribution in [2.24, 2.45) is 5.73 Å². The summed E-state index contributed by atoms with van der Waals surface area (Å²) < 4.78 is 5.38. The van der Waals surface area contributed by atoms with Crippen molar-refractivity contribution in [2.45, 2.75) is 12.6 Å². The van der Waals surface area contributed by atoms with Gasteiger partial charge in [-0.05, 0) is 16.7 Å². The Morgan fingerprint density at radius 3 is 3.15 bits per heavy atom. The number of hydrogen-bond acceptors (Lipinski definition) is 2. The summed E-state index contributed by atoms with van der Waals surface area (Å²) in [6.45, 7) is 5.04. The highest BCUT2D eigenvalue weighted by Gasteiger charge is 2.18. The number of rotatable bonds is 1. The maximum absolute atomic E-state index is 5.91. The Balaban J connectivity index is 2.54. The molecule has 2 nitrogen and oxygen atoms in total. The molecule has 0 radical (unpaired) electrons. The molecule has 0 unspecified atom stereocenters. The highest BCUT2D eigenvalue weighted by atomic mass is 16.5. The molecule has 0 aliphatic carbocycles. The fourth-order valence-corrected chi connectivity index (χ4v) is 1.71. The number of benzene rings is 1. The second-order valence-corrected chi connectivity index (χ2v) is 3.24. The molecular weight excluding hydrogens is 162 g/mol. The fraction of sp³-hybridized carbons (Fsp3) is 0.273. The van der Waals surface area contributed by atoms with Crippen LogP contribution < -0.4 is 5.73 Å². The van der Waals surface area contributed by atoms with Crippen LogP contribution in [0.5, 0.6) is 0 Å². The van der Waals surface area contributed by atoms with Crippen LogP contribution in [-0.2, 0) is 11.3 Å². The van der Waals surface area contributed by atoms with Gasteiger partial charge in [0, 0.05) is 0 Å². The first kappa shape index (κ1) is 8.48. The molecule has 13 heavy (non-hydrogen) atoms. The van der Waals surface area contributed by atoms with Crippen molar-refractivity contribution in [3.05, 3.63) is 41.5 Å². The minimum absolute atomic E-state index is 0.0173. The van der Waals surface area contributed by atoms with Gasteiger partial charge in [0.2, 0.25) is 0 Å². The van der Waals surface area contributed by atoms with Crippen LogP contribution in [-0.4, -0.2) is 6.61 Å². The molecule has 0 amide bonds. The number of ether oxygens (including phenoxy) is 1. The van der Waals surface area contributed by atoms with Crippen molar-refractivity contribution in [3.8, 4) is 0 Å². The first-order valence-electron chi connectivity index (χ1n) is 4.40. The van der Waals surface area contributed by atoms with Crippen molar-refractivity contribution in [1.82, 2.24) is 0 Å². The van der Waals surface area contributed by atoms with Gasteiger partial charge in [-0.25, -0.2) is 0 Å². The van der Waals surface area contributed by atoms with Crippen molar-refractivity contribution in [2.75, 3.05) is 6.61 Å². The lowest BCUT2D eigenvalue weighted by molar-refractivity contribution is 0.0922. The molecule has 2 N–H and O–H groups in total. The van der Waals surface area contributed by atoms with E-state index < -0.39 is 0 Å². The minimum atomic E-state index is 0.0173. The standard InChI is InChI=1S/C11H13NO/c1-2-8-4-3-5-9-10(8)6-13-7-11(9)12/h2-5,11H,1,6-7,12H2/t11-/m1/s1. The van der Waals surface area contributed by atoms with Gasteiger partial charge in [0.1, 0.15) is 0 Å². The van der Waals surface area contributed by atoms with Gasteiger partial charge in [-0.3, -0.25) is 0 Å². The minimum Gasteiger partial charge on any atom is -0.375 e. The Bertz CT molecular complexity index is 333. The van der Waals surface area contributed by atoms with Gasteiger partial charge in [-0.1, -0.05) is 30.9 Å². The molecule has 0 saturated carbocycles. The molecule has 0 bridgehead atoms. The lowest BCUT2D eigenvalue weighted by atomic mass is 9.95. The fourth-order valence-electron chi connectivity index (χ4n) is 1.71. The summed E-state index contributed by atoms with van der Waals surface area (Å²) in [5.74, 6) is 0. The summed E-state index contributed by atoms with van der Waals surface area (Å²) in [4.78, 5) is 0. The van der Waals surface area contributed by atoms with E-state index in [1.165, 1.54) is 11.1 Å². The lowest BCUT2D eigenvalue weighted by Gasteiger charge is -2.23. The van der Waals surface area contributed by atoms with E-state index >= 15 is 0 Å². The molecule has 0 fully saturated rings. The van der Waals surface area contributed by atoms with Crippen molar-refractivity contribution >= 4 is 6.08 Å². The van der Waals surface area contributed by atoms with E-state index in [1.807, 2.05) is 18.2 Å². The molecule has 0 saturated heterocycles. The first-order valence-corrected chi connectivity index (χ1v) is 4.40. The largest absolute Gasteiger partial charge is 0.375 e. The zero-order valence-electron chi connectivity index (χ0n) is 7.49. The normalized spacial score (nSPS) is 20.8. The summed E-state index contributed by atoms with van der Waals surface area (Å²) >= 11 is 0. The second-order valence-electron chi connectivity index (χ2n) is 3.24. The molecule has 2 rings (SSSR count). The zero-order chi connectivity index (χ0) is 9.26. The summed E-state index contributed by atoms with van der Waals surface area (Å²) in [5, 5.41) is 0. The molecule has 1 aromatic carbocycles. The van der Waals surface area contributed by atoms with E-state index in [9.17, 15) is 0 Å². The van der Waals surface area contributed by atoms with E-state index in [4.69, 9.17) is 10.5 Å². The lowest BCUT2D eigenvalue weighted by Crippen LogP contribution is -2.24. The molecule has 1 aliphatic heterocycles. The molecular formula is C11H13NO. The van der Waals surface area contributed by atoms with Crippen LogP contribution in [0.2, 0.25) is 0 Å². The summed E-state index contributed by atoms with van der Waals surface area (Å²) in [6, 6.07) is 6.13. The predicted octanol–water partition coefficient (Wildman–Crippen LogP) is 1.86. The monoisotopic (exact) mass is 175 g/mol. The Morgan fingerprint density at radius 1 is 1.54 bits per heavy atom. The molecule has 0 spiro atoms. The van der Waals surface area contributed by atoms with Gasteiger partial charge in [0.05, 0.1) is 19.3 Å². The van der Waals surface area contributed by atoms with Crippen LogP contribution in [0.3, 0.4) is 0 Å². The van der Waals surface area contributed by atoms with Crippen LogP contribution >= 0.6 is 0 Å². The van der Waals surface area contributed by atoms with E-state index in [1.54, 1.807) is 0 Å². The SMILES string of the molecule is C=Cc1cccc2c1COC[C@H]2N. The molecule has 1 aromatic rings. The molecule has 1 atom stereocenters. The third-order valence-corrected chi connectivity index (χ3v) is 2.41. The number of hydrogen-bond donors (Lipinski definition) is 1. The molecule has 1 heterocycles. The van der Waals surface area contributed by atoms with Gasteiger partial charge < -0.3 is 10.5 Å². The van der Waals surface area contributed by atoms with Crippen LogP contribution in [0, 0.1) is 0 Å². The molecule has 68 valence electrons. The molecule has 1 aliphatic rings. The maximum atomic E-state index is 5.91. The molecule has 0 aromatic heterocycles. The van der Waals surface area contributed by atoms with Crippen LogP contribution in [0.4, 0.5) is 0 Å². The van der Waals surface area contributed by atoms with Crippen molar-refractivity contribution in [3.63, 3.8) is 0 Å². The quantitative estimate of drug-likeness (QED) is 0.707. The summed E-state index contributed by atoms with van der Waals surface area (Å²) in [6.07, 6.45) is 1.85. The van der Waals surface area contributed by atoms with Gasteiger partial charge in [-0.15, -0.1) is 0 Å². The third-order valence-electron chi connectivity index (χ3n) is 2.41.